The molecule has 19 heavy (non-hydrogen) atoms. The number of methoxy groups -OCH3 is 1. The van der Waals surface area contributed by atoms with Gasteiger partial charge in [0.25, 0.3) is 0 Å². The molecule has 1 N–H and O–H groups in total. The number of hydrogen-bond donors (Lipinski definition) is 1. The molecule has 5 heteroatoms. The van der Waals surface area contributed by atoms with Gasteiger partial charge in [0.15, 0.2) is 5.78 Å². The Hall–Kier alpha value is -1.88. The van der Waals surface area contributed by atoms with Gasteiger partial charge in [-0.3, -0.25) is 4.79 Å². The number of benzene rings is 1. The first-order valence-corrected chi connectivity index (χ1v) is 6.73. The van der Waals surface area contributed by atoms with Crippen LogP contribution in [-0.2, 0) is 6.54 Å². The molecule has 0 bridgehead atoms. The summed E-state index contributed by atoms with van der Waals surface area (Å²) in [4.78, 5) is 11.6. The molecule has 4 nitrogen and oxygen atoms in total. The summed E-state index contributed by atoms with van der Waals surface area (Å²) >= 11 is 1.31. The third-order valence-electron chi connectivity index (χ3n) is 2.85. The van der Waals surface area contributed by atoms with Gasteiger partial charge in [0, 0.05) is 12.1 Å². The molecule has 1 aromatic heterocycles. The summed E-state index contributed by atoms with van der Waals surface area (Å²) in [5, 5.41) is 4.08. The quantitative estimate of drug-likeness (QED) is 0.851. The Morgan fingerprint density at radius 3 is 2.84 bits per heavy atom. The van der Waals surface area contributed by atoms with Gasteiger partial charge < -0.3 is 10.1 Å². The summed E-state index contributed by atoms with van der Waals surface area (Å²) in [6.45, 7) is 4.01. The molecule has 0 atom stereocenters. The molecule has 0 radical (unpaired) electrons. The van der Waals surface area contributed by atoms with Crippen LogP contribution in [0, 0.1) is 6.92 Å². The maximum Gasteiger partial charge on any atom is 0.164 e. The molecule has 0 amide bonds. The van der Waals surface area contributed by atoms with Crippen molar-refractivity contribution in [3.05, 3.63) is 41.1 Å². The van der Waals surface area contributed by atoms with Crippen molar-refractivity contribution in [3.63, 3.8) is 0 Å². The molecule has 0 spiro atoms. The molecule has 0 aliphatic heterocycles. The highest BCUT2D eigenvalue weighted by Gasteiger charge is 2.14. The van der Waals surface area contributed by atoms with Crippen molar-refractivity contribution >= 4 is 22.3 Å². The van der Waals surface area contributed by atoms with E-state index in [0.29, 0.717) is 12.1 Å². The Balaban J connectivity index is 2.17. The minimum absolute atomic E-state index is 0.0359. The second-order valence-corrected chi connectivity index (χ2v) is 4.97. The second kappa shape index (κ2) is 5.84. The van der Waals surface area contributed by atoms with Crippen LogP contribution < -0.4 is 10.1 Å². The summed E-state index contributed by atoms with van der Waals surface area (Å²) in [5.41, 5.74) is 2.51. The molecule has 0 fully saturated rings. The number of hydrogen-bond acceptors (Lipinski definition) is 5. The number of para-hydroxylation sites is 1. The third-order valence-corrected chi connectivity index (χ3v) is 3.74. The topological polar surface area (TPSA) is 51.2 Å². The molecule has 0 unspecified atom stereocenters. The highest BCUT2D eigenvalue weighted by molar-refractivity contribution is 7.10. The molecular formula is C14H16N2O2S. The molecule has 1 heterocycles. The number of carbonyl (C=O) groups excluding carboxylic acids is 1. The van der Waals surface area contributed by atoms with Crippen LogP contribution in [0.5, 0.6) is 5.75 Å². The highest BCUT2D eigenvalue weighted by Crippen LogP contribution is 2.26. The summed E-state index contributed by atoms with van der Waals surface area (Å²) in [5.74, 6) is 0.870. The first-order valence-electron chi connectivity index (χ1n) is 5.96. The first kappa shape index (κ1) is 13.5. The van der Waals surface area contributed by atoms with Gasteiger partial charge in [-0.1, -0.05) is 18.2 Å². The van der Waals surface area contributed by atoms with Crippen LogP contribution in [0.15, 0.2) is 24.3 Å². The second-order valence-electron chi connectivity index (χ2n) is 4.19. The minimum atomic E-state index is 0.0359. The third kappa shape index (κ3) is 2.93. The number of rotatable bonds is 5. The van der Waals surface area contributed by atoms with Crippen molar-refractivity contribution in [2.75, 3.05) is 12.4 Å². The number of carbonyl (C=O) groups is 1. The van der Waals surface area contributed by atoms with E-state index in [4.69, 9.17) is 4.74 Å². The van der Waals surface area contributed by atoms with Gasteiger partial charge in [0.1, 0.15) is 10.8 Å². The van der Waals surface area contributed by atoms with E-state index in [-0.39, 0.29) is 5.78 Å². The lowest BCUT2D eigenvalue weighted by Crippen LogP contribution is -2.04. The fourth-order valence-electron chi connectivity index (χ4n) is 1.93. The van der Waals surface area contributed by atoms with Crippen LogP contribution in [0.3, 0.4) is 0 Å². The summed E-state index contributed by atoms with van der Waals surface area (Å²) < 4.78 is 9.52. The fraction of sp³-hybridized carbons (Fsp3) is 0.286. The first-order chi connectivity index (χ1) is 9.13. The van der Waals surface area contributed by atoms with Gasteiger partial charge in [0.05, 0.1) is 18.4 Å². The molecular weight excluding hydrogens is 260 g/mol. The predicted molar refractivity (Wildman–Crippen MR) is 77.2 cm³/mol. The lowest BCUT2D eigenvalue weighted by atomic mass is 10.1. The lowest BCUT2D eigenvalue weighted by Gasteiger charge is -2.09. The Morgan fingerprint density at radius 2 is 2.16 bits per heavy atom. The number of Topliss-reactive ketones (excluding diaryl/α,β-unsaturated/α-hetero) is 1. The lowest BCUT2D eigenvalue weighted by molar-refractivity contribution is 0.101. The zero-order valence-electron chi connectivity index (χ0n) is 11.2. The Morgan fingerprint density at radius 1 is 1.42 bits per heavy atom. The van der Waals surface area contributed by atoms with E-state index in [9.17, 15) is 4.79 Å². The average Bonchev–Trinajstić information content (AvgIpc) is 2.78. The van der Waals surface area contributed by atoms with E-state index in [0.717, 1.165) is 22.0 Å². The number of aryl methyl sites for hydroxylation is 1. The molecule has 100 valence electrons. The minimum Gasteiger partial charge on any atom is -0.496 e. The number of nitrogens with one attached hydrogen (secondary N) is 1. The predicted octanol–water partition coefficient (Wildman–Crippen LogP) is 3.27. The van der Waals surface area contributed by atoms with Crippen LogP contribution in [0.2, 0.25) is 0 Å². The smallest absolute Gasteiger partial charge is 0.164 e. The average molecular weight is 276 g/mol. The largest absolute Gasteiger partial charge is 0.496 e. The van der Waals surface area contributed by atoms with Crippen molar-refractivity contribution in [2.45, 2.75) is 20.4 Å². The highest BCUT2D eigenvalue weighted by atomic mass is 32.1. The Kier molecular flexibility index (Phi) is 4.16. The van der Waals surface area contributed by atoms with Crippen molar-refractivity contribution < 1.29 is 9.53 Å². The summed E-state index contributed by atoms with van der Waals surface area (Å²) in [6.07, 6.45) is 0. The zero-order valence-corrected chi connectivity index (χ0v) is 12.0. The van der Waals surface area contributed by atoms with Crippen LogP contribution in [-0.4, -0.2) is 17.3 Å². The van der Waals surface area contributed by atoms with E-state index in [1.807, 2.05) is 31.2 Å². The monoisotopic (exact) mass is 276 g/mol. The van der Waals surface area contributed by atoms with E-state index < -0.39 is 0 Å². The van der Waals surface area contributed by atoms with Crippen LogP contribution in [0.4, 0.5) is 5.00 Å². The van der Waals surface area contributed by atoms with Gasteiger partial charge in [-0.15, -0.1) is 0 Å². The molecule has 0 aliphatic carbocycles. The number of nitrogens with zero attached hydrogens (tertiary/aromatic N) is 1. The zero-order chi connectivity index (χ0) is 13.8. The number of aromatic nitrogens is 1. The van der Waals surface area contributed by atoms with Crippen LogP contribution in [0.25, 0.3) is 0 Å². The van der Waals surface area contributed by atoms with E-state index in [1.165, 1.54) is 11.5 Å². The molecule has 0 aliphatic rings. The maximum absolute atomic E-state index is 11.6. The normalized spacial score (nSPS) is 10.3. The van der Waals surface area contributed by atoms with E-state index in [1.54, 1.807) is 14.0 Å². The number of ketones is 1. The van der Waals surface area contributed by atoms with Crippen LogP contribution >= 0.6 is 11.5 Å². The SMILES string of the molecule is COc1ccccc1CNc1snc(C)c1C(C)=O. The van der Waals surface area contributed by atoms with Crippen molar-refractivity contribution in [1.82, 2.24) is 4.37 Å². The van der Waals surface area contributed by atoms with Gasteiger partial charge in [0.2, 0.25) is 0 Å². The Labute approximate surface area is 116 Å². The van der Waals surface area contributed by atoms with Crippen molar-refractivity contribution in [1.29, 1.82) is 0 Å². The maximum atomic E-state index is 11.6. The molecule has 2 aromatic rings. The number of anilines is 1. The van der Waals surface area contributed by atoms with Crippen LogP contribution in [0.1, 0.15) is 28.5 Å². The Bertz CT molecular complexity index is 593. The number of ether oxygens (including phenoxy) is 1. The van der Waals surface area contributed by atoms with Gasteiger partial charge in [-0.2, -0.15) is 4.37 Å². The van der Waals surface area contributed by atoms with E-state index in [2.05, 4.69) is 9.69 Å². The standard InChI is InChI=1S/C14H16N2O2S/c1-9-13(10(2)17)14(19-16-9)15-8-11-6-4-5-7-12(11)18-3/h4-7,15H,8H2,1-3H3. The summed E-state index contributed by atoms with van der Waals surface area (Å²) in [7, 11) is 1.65. The van der Waals surface area contributed by atoms with Gasteiger partial charge in [-0.25, -0.2) is 0 Å². The fourth-order valence-corrected chi connectivity index (χ4v) is 2.77. The van der Waals surface area contributed by atoms with E-state index >= 15 is 0 Å². The molecule has 0 saturated carbocycles. The summed E-state index contributed by atoms with van der Waals surface area (Å²) in [6, 6.07) is 7.80. The van der Waals surface area contributed by atoms with Crippen molar-refractivity contribution in [2.24, 2.45) is 0 Å². The molecule has 2 rings (SSSR count). The van der Waals surface area contributed by atoms with Gasteiger partial charge in [-0.05, 0) is 31.4 Å². The molecule has 1 aromatic carbocycles. The van der Waals surface area contributed by atoms with Gasteiger partial charge >= 0.3 is 0 Å². The molecule has 0 saturated heterocycles. The van der Waals surface area contributed by atoms with Crippen molar-refractivity contribution in [3.8, 4) is 5.75 Å².